The van der Waals surface area contributed by atoms with Gasteiger partial charge in [-0.25, -0.2) is 4.39 Å². The number of carbonyl (C=O) groups excluding carboxylic acids is 1. The second-order valence-corrected chi connectivity index (χ2v) is 7.03. The minimum Gasteiger partial charge on any atom is -0.506 e. The fourth-order valence-corrected chi connectivity index (χ4v) is 4.56. The third kappa shape index (κ3) is 3.08. The Morgan fingerprint density at radius 2 is 2.17 bits per heavy atom. The van der Waals surface area contributed by atoms with Crippen LogP contribution in [0.15, 0.2) is 39.3 Å². The summed E-state index contributed by atoms with van der Waals surface area (Å²) in [5.41, 5.74) is 6.04. The predicted molar refractivity (Wildman–Crippen MR) is 88.6 cm³/mol. The molecule has 23 heavy (non-hydrogen) atoms. The highest BCUT2D eigenvalue weighted by molar-refractivity contribution is 8.00. The summed E-state index contributed by atoms with van der Waals surface area (Å²) in [6, 6.07) is 7.18. The zero-order valence-electron chi connectivity index (χ0n) is 11.6. The van der Waals surface area contributed by atoms with E-state index in [0.717, 1.165) is 23.0 Å². The van der Waals surface area contributed by atoms with Crippen molar-refractivity contribution in [3.05, 3.63) is 57.6 Å². The van der Waals surface area contributed by atoms with Gasteiger partial charge in [0.1, 0.15) is 11.6 Å². The SMILES string of the molecule is NC(=O)c1c(SCc2cccc(F)c2)sc2c(O)cc(=O)[nH]c12. The molecule has 0 spiro atoms. The predicted octanol–water partition coefficient (Wildman–Crippen LogP) is 2.83. The lowest BCUT2D eigenvalue weighted by atomic mass is 10.2. The van der Waals surface area contributed by atoms with Crippen LogP contribution in [0.3, 0.4) is 0 Å². The first-order valence-electron chi connectivity index (χ1n) is 6.51. The number of carbonyl (C=O) groups is 1. The van der Waals surface area contributed by atoms with E-state index >= 15 is 0 Å². The number of pyridine rings is 1. The van der Waals surface area contributed by atoms with Gasteiger partial charge >= 0.3 is 0 Å². The fourth-order valence-electron chi connectivity index (χ4n) is 2.16. The van der Waals surface area contributed by atoms with Crippen LogP contribution in [0.1, 0.15) is 15.9 Å². The van der Waals surface area contributed by atoms with Gasteiger partial charge in [0.25, 0.3) is 11.5 Å². The van der Waals surface area contributed by atoms with Crippen molar-refractivity contribution in [3.63, 3.8) is 0 Å². The van der Waals surface area contributed by atoms with Crippen LogP contribution in [0.25, 0.3) is 10.2 Å². The summed E-state index contributed by atoms with van der Waals surface area (Å²) in [7, 11) is 0. The number of aromatic hydroxyl groups is 1. The van der Waals surface area contributed by atoms with E-state index in [-0.39, 0.29) is 22.6 Å². The van der Waals surface area contributed by atoms with Gasteiger partial charge in [0.2, 0.25) is 0 Å². The quantitative estimate of drug-likeness (QED) is 0.631. The van der Waals surface area contributed by atoms with E-state index in [2.05, 4.69) is 4.98 Å². The lowest BCUT2D eigenvalue weighted by molar-refractivity contribution is 0.0999. The minimum absolute atomic E-state index is 0.166. The number of nitrogens with two attached hydrogens (primary N) is 1. The number of benzene rings is 1. The van der Waals surface area contributed by atoms with E-state index in [9.17, 15) is 19.1 Å². The number of nitrogens with one attached hydrogen (secondary N) is 1. The van der Waals surface area contributed by atoms with Crippen molar-refractivity contribution in [2.45, 2.75) is 9.96 Å². The van der Waals surface area contributed by atoms with Crippen molar-refractivity contribution in [1.29, 1.82) is 0 Å². The lowest BCUT2D eigenvalue weighted by Gasteiger charge is -2.02. The zero-order chi connectivity index (χ0) is 16.6. The van der Waals surface area contributed by atoms with Crippen molar-refractivity contribution in [2.24, 2.45) is 5.73 Å². The van der Waals surface area contributed by atoms with Crippen LogP contribution in [0.4, 0.5) is 4.39 Å². The second-order valence-electron chi connectivity index (χ2n) is 4.77. The van der Waals surface area contributed by atoms with Crippen molar-refractivity contribution >= 4 is 39.2 Å². The van der Waals surface area contributed by atoms with Crippen molar-refractivity contribution < 1.29 is 14.3 Å². The molecule has 8 heteroatoms. The summed E-state index contributed by atoms with van der Waals surface area (Å²) in [4.78, 5) is 25.8. The Labute approximate surface area is 138 Å². The normalized spacial score (nSPS) is 11.0. The van der Waals surface area contributed by atoms with Crippen molar-refractivity contribution in [1.82, 2.24) is 4.98 Å². The number of hydrogen-bond acceptors (Lipinski definition) is 5. The van der Waals surface area contributed by atoms with Gasteiger partial charge < -0.3 is 15.8 Å². The Morgan fingerprint density at radius 1 is 1.39 bits per heavy atom. The van der Waals surface area contributed by atoms with E-state index in [0.29, 0.717) is 14.7 Å². The second kappa shape index (κ2) is 6.05. The van der Waals surface area contributed by atoms with Crippen LogP contribution in [-0.4, -0.2) is 16.0 Å². The largest absolute Gasteiger partial charge is 0.506 e. The van der Waals surface area contributed by atoms with Crippen LogP contribution in [0.5, 0.6) is 5.75 Å². The summed E-state index contributed by atoms with van der Waals surface area (Å²) in [5, 5.41) is 9.87. The average Bonchev–Trinajstić information content (AvgIpc) is 2.84. The van der Waals surface area contributed by atoms with E-state index < -0.39 is 11.5 Å². The topological polar surface area (TPSA) is 96.2 Å². The molecular weight excluding hydrogens is 339 g/mol. The summed E-state index contributed by atoms with van der Waals surface area (Å²) in [5.74, 6) is -0.805. The van der Waals surface area contributed by atoms with Gasteiger partial charge in [0.15, 0.2) is 0 Å². The number of halogens is 1. The number of H-pyrrole nitrogens is 1. The number of amides is 1. The Bertz CT molecular complexity index is 965. The molecule has 0 fully saturated rings. The van der Waals surface area contributed by atoms with Crippen LogP contribution in [-0.2, 0) is 5.75 Å². The molecule has 0 radical (unpaired) electrons. The molecule has 0 aliphatic heterocycles. The number of thioether (sulfide) groups is 1. The van der Waals surface area contributed by atoms with Gasteiger partial charge in [0, 0.05) is 11.8 Å². The first-order valence-corrected chi connectivity index (χ1v) is 8.31. The molecule has 0 unspecified atom stereocenters. The maximum absolute atomic E-state index is 13.2. The molecule has 5 nitrogen and oxygen atoms in total. The molecule has 0 bridgehead atoms. The Hall–Kier alpha value is -2.32. The van der Waals surface area contributed by atoms with Gasteiger partial charge in [-0.1, -0.05) is 12.1 Å². The molecule has 118 valence electrons. The molecular formula is C15H11FN2O3S2. The highest BCUT2D eigenvalue weighted by atomic mass is 32.2. The van der Waals surface area contributed by atoms with Gasteiger partial charge in [-0.3, -0.25) is 9.59 Å². The fraction of sp³-hybridized carbons (Fsp3) is 0.0667. The highest BCUT2D eigenvalue weighted by Gasteiger charge is 2.20. The molecule has 1 amide bonds. The van der Waals surface area contributed by atoms with Crippen LogP contribution >= 0.6 is 23.1 Å². The van der Waals surface area contributed by atoms with E-state index in [1.165, 1.54) is 23.9 Å². The van der Waals surface area contributed by atoms with Crippen molar-refractivity contribution in [2.75, 3.05) is 0 Å². The Balaban J connectivity index is 2.03. The van der Waals surface area contributed by atoms with E-state index in [1.54, 1.807) is 12.1 Å². The first-order chi connectivity index (χ1) is 11.0. The van der Waals surface area contributed by atoms with Crippen LogP contribution in [0, 0.1) is 5.82 Å². The number of thiophene rings is 1. The summed E-state index contributed by atoms with van der Waals surface area (Å²) < 4.78 is 14.2. The average molecular weight is 350 g/mol. The van der Waals surface area contributed by atoms with Gasteiger partial charge in [0.05, 0.1) is 20.0 Å². The number of aromatic amines is 1. The molecule has 0 saturated heterocycles. The standard InChI is InChI=1S/C15H11FN2O3S2/c16-8-3-1-2-7(4-8)6-22-15-11(14(17)21)12-13(23-15)9(19)5-10(20)18-12/h1-5H,6H2,(H2,17,21)(H2,18,19,20). The molecule has 0 saturated carbocycles. The highest BCUT2D eigenvalue weighted by Crippen LogP contribution is 2.41. The molecule has 3 rings (SSSR count). The number of fused-ring (bicyclic) bond motifs is 1. The molecule has 0 aliphatic carbocycles. The summed E-state index contributed by atoms with van der Waals surface area (Å²) in [6.45, 7) is 0. The molecule has 2 heterocycles. The summed E-state index contributed by atoms with van der Waals surface area (Å²) >= 11 is 2.45. The number of aromatic nitrogens is 1. The minimum atomic E-state index is -0.695. The third-order valence-electron chi connectivity index (χ3n) is 3.13. The number of rotatable bonds is 4. The summed E-state index contributed by atoms with van der Waals surface area (Å²) in [6.07, 6.45) is 0. The number of primary amides is 1. The van der Waals surface area contributed by atoms with Crippen LogP contribution < -0.4 is 11.3 Å². The van der Waals surface area contributed by atoms with Gasteiger partial charge in [-0.2, -0.15) is 0 Å². The zero-order valence-corrected chi connectivity index (χ0v) is 13.3. The Morgan fingerprint density at radius 3 is 2.87 bits per heavy atom. The maximum atomic E-state index is 13.2. The lowest BCUT2D eigenvalue weighted by Crippen LogP contribution is -2.13. The van der Waals surface area contributed by atoms with Gasteiger partial charge in [-0.05, 0) is 17.7 Å². The van der Waals surface area contributed by atoms with E-state index in [1.807, 2.05) is 0 Å². The molecule has 3 aromatic rings. The van der Waals surface area contributed by atoms with Gasteiger partial charge in [-0.15, -0.1) is 23.1 Å². The third-order valence-corrected chi connectivity index (χ3v) is 5.68. The molecule has 2 aromatic heterocycles. The monoisotopic (exact) mass is 350 g/mol. The maximum Gasteiger partial charge on any atom is 0.252 e. The van der Waals surface area contributed by atoms with Crippen molar-refractivity contribution in [3.8, 4) is 5.75 Å². The smallest absolute Gasteiger partial charge is 0.252 e. The Kier molecular flexibility index (Phi) is 4.10. The molecule has 0 atom stereocenters. The van der Waals surface area contributed by atoms with Crippen LogP contribution in [0.2, 0.25) is 0 Å². The first kappa shape index (κ1) is 15.6. The molecule has 4 N–H and O–H groups in total. The number of hydrogen-bond donors (Lipinski definition) is 3. The van der Waals surface area contributed by atoms with E-state index in [4.69, 9.17) is 5.73 Å². The molecule has 1 aromatic carbocycles. The molecule has 0 aliphatic rings.